The lowest BCUT2D eigenvalue weighted by molar-refractivity contribution is -0.139. The number of aryl methyl sites for hydroxylation is 2. The standard InChI is InChI=1S/C21H16I2N2O5S/c1-10-3-4-16(11(2)5-10)25-20(29)13(19(28)24-21(25)31)6-12-7-14(22)18(15(23)8-12)30-9-17(26)27/h3-8H,9H2,1-2H3,(H,26,27)(H,24,28,31)/b13-6+. The molecule has 0 aliphatic carbocycles. The molecule has 1 aliphatic heterocycles. The highest BCUT2D eigenvalue weighted by Gasteiger charge is 2.35. The molecule has 2 amide bonds. The minimum atomic E-state index is -1.08. The molecule has 1 aliphatic rings. The minimum absolute atomic E-state index is 0.0284. The van der Waals surface area contributed by atoms with Crippen LogP contribution in [0.15, 0.2) is 35.9 Å². The van der Waals surface area contributed by atoms with Crippen LogP contribution in [0.5, 0.6) is 5.75 Å². The van der Waals surface area contributed by atoms with Crippen LogP contribution >= 0.6 is 57.4 Å². The molecule has 1 heterocycles. The van der Waals surface area contributed by atoms with Crippen molar-refractivity contribution in [3.05, 3.63) is 59.7 Å². The maximum atomic E-state index is 13.2. The third-order valence-corrected chi connectivity index (χ3v) is 6.25. The molecule has 1 saturated heterocycles. The Kier molecular flexibility index (Phi) is 7.31. The molecule has 0 radical (unpaired) electrons. The van der Waals surface area contributed by atoms with Crippen LogP contribution in [0.4, 0.5) is 5.69 Å². The number of anilines is 1. The zero-order valence-corrected chi connectivity index (χ0v) is 21.5. The Morgan fingerprint density at radius 1 is 1.19 bits per heavy atom. The van der Waals surface area contributed by atoms with Gasteiger partial charge in [-0.3, -0.25) is 19.8 Å². The summed E-state index contributed by atoms with van der Waals surface area (Å²) in [5, 5.41) is 11.4. The van der Waals surface area contributed by atoms with E-state index in [-0.39, 0.29) is 10.7 Å². The summed E-state index contributed by atoms with van der Waals surface area (Å²) in [4.78, 5) is 37.9. The third kappa shape index (κ3) is 5.23. The summed E-state index contributed by atoms with van der Waals surface area (Å²) in [7, 11) is 0. The molecule has 31 heavy (non-hydrogen) atoms. The van der Waals surface area contributed by atoms with E-state index in [0.717, 1.165) is 11.1 Å². The van der Waals surface area contributed by atoms with Crippen molar-refractivity contribution in [1.82, 2.24) is 5.32 Å². The fourth-order valence-corrected chi connectivity index (χ4v) is 5.44. The molecule has 160 valence electrons. The van der Waals surface area contributed by atoms with Crippen molar-refractivity contribution in [2.45, 2.75) is 13.8 Å². The zero-order valence-electron chi connectivity index (χ0n) is 16.4. The second-order valence-corrected chi connectivity index (χ2v) is 9.45. The van der Waals surface area contributed by atoms with Crippen LogP contribution in [-0.2, 0) is 14.4 Å². The Morgan fingerprint density at radius 2 is 1.84 bits per heavy atom. The molecule has 2 aromatic carbocycles. The maximum Gasteiger partial charge on any atom is 0.341 e. The van der Waals surface area contributed by atoms with Crippen LogP contribution in [0.3, 0.4) is 0 Å². The summed E-state index contributed by atoms with van der Waals surface area (Å²) in [5.74, 6) is -1.74. The number of carbonyl (C=O) groups excluding carboxylic acids is 2. The van der Waals surface area contributed by atoms with E-state index < -0.39 is 24.4 Å². The lowest BCUT2D eigenvalue weighted by atomic mass is 10.0. The molecule has 7 nitrogen and oxygen atoms in total. The number of carbonyl (C=O) groups is 3. The van der Waals surface area contributed by atoms with E-state index >= 15 is 0 Å². The zero-order chi connectivity index (χ0) is 22.9. The molecule has 10 heteroatoms. The Balaban J connectivity index is 1.99. The number of hydrogen-bond acceptors (Lipinski definition) is 5. The van der Waals surface area contributed by atoms with Crippen LogP contribution in [0, 0.1) is 21.0 Å². The number of benzene rings is 2. The first kappa shape index (κ1) is 23.6. The number of halogens is 2. The van der Waals surface area contributed by atoms with Gasteiger partial charge in [-0.15, -0.1) is 0 Å². The van der Waals surface area contributed by atoms with Crippen LogP contribution in [-0.4, -0.2) is 34.6 Å². The molecule has 0 aromatic heterocycles. The smallest absolute Gasteiger partial charge is 0.341 e. The van der Waals surface area contributed by atoms with Gasteiger partial charge >= 0.3 is 5.97 Å². The van der Waals surface area contributed by atoms with Gasteiger partial charge in [0.2, 0.25) is 0 Å². The Hall–Kier alpha value is -2.06. The van der Waals surface area contributed by atoms with Gasteiger partial charge in [-0.1, -0.05) is 17.7 Å². The first-order valence-electron chi connectivity index (χ1n) is 8.91. The van der Waals surface area contributed by atoms with E-state index in [4.69, 9.17) is 22.1 Å². The SMILES string of the molecule is Cc1ccc(N2C(=O)/C(=C/c3cc(I)c(OCC(=O)O)c(I)c3)C(=O)NC2=S)c(C)c1. The number of hydrogen-bond donors (Lipinski definition) is 2. The van der Waals surface area contributed by atoms with Crippen molar-refractivity contribution in [3.8, 4) is 5.75 Å². The normalized spacial score (nSPS) is 15.3. The van der Waals surface area contributed by atoms with Gasteiger partial charge in [0.1, 0.15) is 11.3 Å². The number of amides is 2. The van der Waals surface area contributed by atoms with Crippen LogP contribution in [0.2, 0.25) is 0 Å². The summed E-state index contributed by atoms with van der Waals surface area (Å²) < 4.78 is 6.63. The second kappa shape index (κ2) is 9.61. The van der Waals surface area contributed by atoms with Crippen molar-refractivity contribution in [2.24, 2.45) is 0 Å². The van der Waals surface area contributed by atoms with Gasteiger partial charge in [-0.05, 0) is 107 Å². The van der Waals surface area contributed by atoms with Crippen molar-refractivity contribution in [1.29, 1.82) is 0 Å². The highest BCUT2D eigenvalue weighted by Crippen LogP contribution is 2.31. The quantitative estimate of drug-likeness (QED) is 0.219. The van der Waals surface area contributed by atoms with Crippen molar-refractivity contribution in [3.63, 3.8) is 0 Å². The van der Waals surface area contributed by atoms with Crippen molar-refractivity contribution >= 4 is 92.1 Å². The summed E-state index contributed by atoms with van der Waals surface area (Å²) in [6, 6.07) is 9.03. The number of ether oxygens (including phenoxy) is 1. The van der Waals surface area contributed by atoms with Gasteiger partial charge in [0.15, 0.2) is 11.7 Å². The average molecular weight is 662 g/mol. The van der Waals surface area contributed by atoms with E-state index in [9.17, 15) is 14.4 Å². The average Bonchev–Trinajstić information content (AvgIpc) is 2.65. The number of nitrogens with zero attached hydrogens (tertiary/aromatic N) is 1. The van der Waals surface area contributed by atoms with Crippen LogP contribution in [0.25, 0.3) is 6.08 Å². The number of nitrogens with one attached hydrogen (secondary N) is 1. The largest absolute Gasteiger partial charge is 0.480 e. The monoisotopic (exact) mass is 662 g/mol. The molecule has 0 spiro atoms. The number of thiocarbonyl (C=S) groups is 1. The van der Waals surface area contributed by atoms with Gasteiger partial charge in [0, 0.05) is 0 Å². The molecule has 0 unspecified atom stereocenters. The summed E-state index contributed by atoms with van der Waals surface area (Å²) in [6.45, 7) is 3.36. The van der Waals surface area contributed by atoms with Crippen molar-refractivity contribution in [2.75, 3.05) is 11.5 Å². The van der Waals surface area contributed by atoms with Gasteiger partial charge in [-0.2, -0.15) is 0 Å². The summed E-state index contributed by atoms with van der Waals surface area (Å²) in [6.07, 6.45) is 1.49. The third-order valence-electron chi connectivity index (χ3n) is 4.37. The Morgan fingerprint density at radius 3 is 2.42 bits per heavy atom. The van der Waals surface area contributed by atoms with Crippen LogP contribution in [0.1, 0.15) is 16.7 Å². The molecule has 0 atom stereocenters. The molecule has 2 N–H and O–H groups in total. The fraction of sp³-hybridized carbons (Fsp3) is 0.143. The molecule has 0 saturated carbocycles. The van der Waals surface area contributed by atoms with Gasteiger partial charge in [0.25, 0.3) is 11.8 Å². The second-order valence-electron chi connectivity index (χ2n) is 6.74. The Bertz CT molecular complexity index is 1140. The number of aliphatic carboxylic acids is 1. The molecular weight excluding hydrogens is 646 g/mol. The summed E-state index contributed by atoms with van der Waals surface area (Å²) >= 11 is 9.30. The summed E-state index contributed by atoms with van der Waals surface area (Å²) in [5.41, 5.74) is 3.05. The van der Waals surface area contributed by atoms with Gasteiger partial charge in [0.05, 0.1) is 12.8 Å². The molecule has 3 rings (SSSR count). The van der Waals surface area contributed by atoms with Crippen LogP contribution < -0.4 is 15.0 Å². The highest BCUT2D eigenvalue weighted by atomic mass is 127. The Labute approximate surface area is 211 Å². The fourth-order valence-electron chi connectivity index (χ4n) is 3.03. The van der Waals surface area contributed by atoms with Gasteiger partial charge in [-0.25, -0.2) is 4.79 Å². The van der Waals surface area contributed by atoms with Gasteiger partial charge < -0.3 is 9.84 Å². The predicted octanol–water partition coefficient (Wildman–Crippen LogP) is 3.81. The molecular formula is C21H16I2N2O5S. The predicted molar refractivity (Wildman–Crippen MR) is 137 cm³/mol. The number of rotatable bonds is 5. The number of carboxylic acids is 1. The minimum Gasteiger partial charge on any atom is -0.480 e. The molecule has 1 fully saturated rings. The van der Waals surface area contributed by atoms with Crippen molar-refractivity contribution < 1.29 is 24.2 Å². The van der Waals surface area contributed by atoms with E-state index in [1.54, 1.807) is 18.2 Å². The lowest BCUT2D eigenvalue weighted by Gasteiger charge is -2.30. The van der Waals surface area contributed by atoms with E-state index in [1.807, 2.05) is 71.2 Å². The van der Waals surface area contributed by atoms with E-state index in [1.165, 1.54) is 11.0 Å². The van der Waals surface area contributed by atoms with E-state index in [0.29, 0.717) is 24.1 Å². The highest BCUT2D eigenvalue weighted by molar-refractivity contribution is 14.1. The molecule has 2 aromatic rings. The lowest BCUT2D eigenvalue weighted by Crippen LogP contribution is -2.54. The number of carboxylic acid groups (broad SMARTS) is 1. The molecule has 0 bridgehead atoms. The first-order valence-corrected chi connectivity index (χ1v) is 11.5. The first-order chi connectivity index (χ1) is 14.6. The van der Waals surface area contributed by atoms with E-state index in [2.05, 4.69) is 5.32 Å². The topological polar surface area (TPSA) is 95.9 Å². The maximum absolute atomic E-state index is 13.2.